The maximum atomic E-state index is 13.0. The van der Waals surface area contributed by atoms with Crippen LogP contribution < -0.4 is 10.6 Å². The Morgan fingerprint density at radius 2 is 1.96 bits per heavy atom. The van der Waals surface area contributed by atoms with Gasteiger partial charge in [-0.2, -0.15) is 0 Å². The molecular formula is C18H20N4O3S. The lowest BCUT2D eigenvalue weighted by Crippen LogP contribution is -2.44. The van der Waals surface area contributed by atoms with E-state index in [4.69, 9.17) is 0 Å². The molecule has 26 heavy (non-hydrogen) atoms. The molecule has 1 atom stereocenters. The van der Waals surface area contributed by atoms with E-state index in [0.29, 0.717) is 17.1 Å². The van der Waals surface area contributed by atoms with E-state index in [1.54, 1.807) is 12.1 Å². The van der Waals surface area contributed by atoms with Gasteiger partial charge in [-0.05, 0) is 25.8 Å². The van der Waals surface area contributed by atoms with Crippen LogP contribution >= 0.6 is 11.3 Å². The van der Waals surface area contributed by atoms with Gasteiger partial charge in [-0.25, -0.2) is 9.78 Å². The maximum Gasteiger partial charge on any atom is 0.325 e. The zero-order valence-corrected chi connectivity index (χ0v) is 15.6. The molecule has 2 heterocycles. The van der Waals surface area contributed by atoms with E-state index in [-0.39, 0.29) is 6.54 Å². The Morgan fingerprint density at radius 3 is 2.54 bits per heavy atom. The summed E-state index contributed by atoms with van der Waals surface area (Å²) >= 11 is 1.36. The summed E-state index contributed by atoms with van der Waals surface area (Å²) in [5, 5.41) is 5.87. The van der Waals surface area contributed by atoms with E-state index >= 15 is 0 Å². The number of thiazole rings is 1. The van der Waals surface area contributed by atoms with E-state index in [9.17, 15) is 14.4 Å². The molecule has 1 fully saturated rings. The Morgan fingerprint density at radius 1 is 1.27 bits per heavy atom. The highest BCUT2D eigenvalue weighted by atomic mass is 32.1. The Kier molecular flexibility index (Phi) is 4.78. The summed E-state index contributed by atoms with van der Waals surface area (Å²) in [5.74, 6) is -0.875. The fraction of sp³-hybridized carbons (Fsp3) is 0.333. The highest BCUT2D eigenvalue weighted by Crippen LogP contribution is 2.32. The van der Waals surface area contributed by atoms with Crippen LogP contribution in [-0.4, -0.2) is 34.3 Å². The van der Waals surface area contributed by atoms with Gasteiger partial charge in [-0.15, -0.1) is 11.3 Å². The van der Waals surface area contributed by atoms with Crippen molar-refractivity contribution in [3.63, 3.8) is 0 Å². The zero-order valence-electron chi connectivity index (χ0n) is 14.8. The van der Waals surface area contributed by atoms with Crippen molar-refractivity contribution in [3.05, 3.63) is 46.5 Å². The Hall–Kier alpha value is -2.74. The first-order valence-electron chi connectivity index (χ1n) is 8.31. The van der Waals surface area contributed by atoms with Crippen LogP contribution in [0.15, 0.2) is 30.3 Å². The molecule has 1 aliphatic rings. The number of carbonyl (C=O) groups is 3. The second kappa shape index (κ2) is 6.87. The van der Waals surface area contributed by atoms with Crippen LogP contribution in [0.2, 0.25) is 0 Å². The topological polar surface area (TPSA) is 91.4 Å². The van der Waals surface area contributed by atoms with Crippen LogP contribution in [0.3, 0.4) is 0 Å². The first-order valence-corrected chi connectivity index (χ1v) is 9.12. The number of aryl methyl sites for hydroxylation is 2. The van der Waals surface area contributed by atoms with Crippen molar-refractivity contribution in [1.29, 1.82) is 0 Å². The minimum Gasteiger partial charge on any atom is -0.319 e. The average molecular weight is 372 g/mol. The number of aromatic nitrogens is 1. The summed E-state index contributed by atoms with van der Waals surface area (Å²) in [6, 6.07) is 8.50. The van der Waals surface area contributed by atoms with Crippen LogP contribution in [0.25, 0.3) is 0 Å². The van der Waals surface area contributed by atoms with Gasteiger partial charge in [0.1, 0.15) is 12.1 Å². The summed E-state index contributed by atoms with van der Waals surface area (Å²) in [4.78, 5) is 43.8. The third-order valence-electron chi connectivity index (χ3n) is 4.55. The molecule has 2 N–H and O–H groups in total. The molecule has 0 saturated carbocycles. The van der Waals surface area contributed by atoms with Crippen molar-refractivity contribution >= 4 is 34.3 Å². The first kappa shape index (κ1) is 18.1. The number of urea groups is 1. The second-order valence-corrected chi connectivity index (χ2v) is 7.36. The average Bonchev–Trinajstić information content (AvgIpc) is 3.06. The van der Waals surface area contributed by atoms with Gasteiger partial charge in [-0.3, -0.25) is 14.5 Å². The number of hydrogen-bond donors (Lipinski definition) is 2. The molecular weight excluding hydrogens is 352 g/mol. The summed E-state index contributed by atoms with van der Waals surface area (Å²) in [7, 11) is 0. The molecule has 0 radical (unpaired) electrons. The van der Waals surface area contributed by atoms with Crippen molar-refractivity contribution in [2.75, 3.05) is 11.9 Å². The van der Waals surface area contributed by atoms with E-state index in [1.165, 1.54) is 11.3 Å². The lowest BCUT2D eigenvalue weighted by atomic mass is 9.87. The summed E-state index contributed by atoms with van der Waals surface area (Å²) in [5.41, 5.74) is 0.414. The van der Waals surface area contributed by atoms with Crippen molar-refractivity contribution < 1.29 is 14.4 Å². The van der Waals surface area contributed by atoms with E-state index in [0.717, 1.165) is 15.5 Å². The molecule has 4 amide bonds. The van der Waals surface area contributed by atoms with Crippen LogP contribution in [-0.2, 0) is 15.1 Å². The van der Waals surface area contributed by atoms with Gasteiger partial charge in [-0.1, -0.05) is 37.3 Å². The molecule has 136 valence electrons. The molecule has 2 aromatic rings. The lowest BCUT2D eigenvalue weighted by molar-refractivity contribution is -0.134. The number of hydrogen-bond acceptors (Lipinski definition) is 5. The number of nitrogens with one attached hydrogen (secondary N) is 2. The number of rotatable bonds is 5. The van der Waals surface area contributed by atoms with Crippen molar-refractivity contribution in [1.82, 2.24) is 15.2 Å². The Labute approximate surface area is 155 Å². The van der Waals surface area contributed by atoms with Crippen LogP contribution in [0.5, 0.6) is 0 Å². The van der Waals surface area contributed by atoms with Gasteiger partial charge in [0.15, 0.2) is 5.13 Å². The molecule has 1 aromatic heterocycles. The molecule has 7 nitrogen and oxygen atoms in total. The SMILES string of the molecule is CCC1(c2ccccc2)NC(=O)N(CC(=O)Nc2nc(C)c(C)s2)C1=O. The van der Waals surface area contributed by atoms with Gasteiger partial charge < -0.3 is 10.6 Å². The number of imide groups is 1. The predicted molar refractivity (Wildman–Crippen MR) is 98.9 cm³/mol. The second-order valence-electron chi connectivity index (χ2n) is 6.16. The Bertz CT molecular complexity index is 845. The van der Waals surface area contributed by atoms with Gasteiger partial charge in [0.2, 0.25) is 5.91 Å². The lowest BCUT2D eigenvalue weighted by Gasteiger charge is -2.25. The molecule has 0 aliphatic carbocycles. The van der Waals surface area contributed by atoms with Crippen molar-refractivity contribution in [2.24, 2.45) is 0 Å². The standard InChI is InChI=1S/C18H20N4O3S/c1-4-18(13-8-6-5-7-9-13)15(24)22(17(25)21-18)10-14(23)20-16-19-11(2)12(3)26-16/h5-9H,4,10H2,1-3H3,(H,21,25)(H,19,20,23). The predicted octanol–water partition coefficient (Wildman–Crippen LogP) is 2.56. The maximum absolute atomic E-state index is 13.0. The van der Waals surface area contributed by atoms with Crippen molar-refractivity contribution in [3.8, 4) is 0 Å². The summed E-state index contributed by atoms with van der Waals surface area (Å²) in [6.07, 6.45) is 0.393. The molecule has 8 heteroatoms. The number of carbonyl (C=O) groups excluding carboxylic acids is 3. The number of benzene rings is 1. The van der Waals surface area contributed by atoms with Crippen LogP contribution in [0, 0.1) is 13.8 Å². The molecule has 1 aliphatic heterocycles. The quantitative estimate of drug-likeness (QED) is 0.789. The molecule has 1 saturated heterocycles. The third kappa shape index (κ3) is 3.08. The van der Waals surface area contributed by atoms with E-state index in [1.807, 2.05) is 39.0 Å². The molecule has 3 rings (SSSR count). The number of nitrogens with zero attached hydrogens (tertiary/aromatic N) is 2. The minimum atomic E-state index is -1.13. The highest BCUT2D eigenvalue weighted by molar-refractivity contribution is 7.15. The fourth-order valence-electron chi connectivity index (χ4n) is 2.96. The van der Waals surface area contributed by atoms with E-state index < -0.39 is 23.4 Å². The third-order valence-corrected chi connectivity index (χ3v) is 5.54. The molecule has 0 spiro atoms. The normalized spacial score (nSPS) is 19.6. The minimum absolute atomic E-state index is 0.350. The van der Waals surface area contributed by atoms with E-state index in [2.05, 4.69) is 15.6 Å². The van der Waals surface area contributed by atoms with Gasteiger partial charge in [0.25, 0.3) is 5.91 Å². The van der Waals surface area contributed by atoms with Gasteiger partial charge in [0.05, 0.1) is 5.69 Å². The number of anilines is 1. The highest BCUT2D eigenvalue weighted by Gasteiger charge is 2.51. The largest absolute Gasteiger partial charge is 0.325 e. The van der Waals surface area contributed by atoms with Crippen molar-refractivity contribution in [2.45, 2.75) is 32.7 Å². The van der Waals surface area contributed by atoms with Crippen LogP contribution in [0.1, 0.15) is 29.5 Å². The monoisotopic (exact) mass is 372 g/mol. The summed E-state index contributed by atoms with van der Waals surface area (Å²) in [6.45, 7) is 5.25. The fourth-order valence-corrected chi connectivity index (χ4v) is 3.79. The summed E-state index contributed by atoms with van der Waals surface area (Å²) < 4.78 is 0. The van der Waals surface area contributed by atoms with Gasteiger partial charge in [0, 0.05) is 4.88 Å². The molecule has 1 unspecified atom stereocenters. The smallest absolute Gasteiger partial charge is 0.319 e. The molecule has 0 bridgehead atoms. The van der Waals surface area contributed by atoms with Gasteiger partial charge >= 0.3 is 6.03 Å². The Balaban J connectivity index is 1.77. The zero-order chi connectivity index (χ0) is 18.9. The number of amides is 4. The van der Waals surface area contributed by atoms with Crippen LogP contribution in [0.4, 0.5) is 9.93 Å². The molecule has 1 aromatic carbocycles. The first-order chi connectivity index (χ1) is 12.4.